The number of rotatable bonds is 8. The van der Waals surface area contributed by atoms with Crippen molar-refractivity contribution >= 4 is 0 Å². The molecule has 0 spiro atoms. The van der Waals surface area contributed by atoms with Crippen LogP contribution in [-0.2, 0) is 13.1 Å². The van der Waals surface area contributed by atoms with Crippen LogP contribution in [0.3, 0.4) is 0 Å². The Bertz CT molecular complexity index is 680. The van der Waals surface area contributed by atoms with Gasteiger partial charge in [0, 0.05) is 19.1 Å². The van der Waals surface area contributed by atoms with E-state index in [1.807, 2.05) is 0 Å². The fourth-order valence-corrected chi connectivity index (χ4v) is 3.42. The number of nitrogens with zero attached hydrogens (tertiary/aromatic N) is 1. The lowest BCUT2D eigenvalue weighted by Crippen LogP contribution is -2.28. The predicted molar refractivity (Wildman–Crippen MR) is 106 cm³/mol. The molecule has 0 bridgehead atoms. The Balaban J connectivity index is 1.89. The molecule has 1 atom stereocenters. The van der Waals surface area contributed by atoms with E-state index in [2.05, 4.69) is 103 Å². The zero-order chi connectivity index (χ0) is 17.3. The normalized spacial score (nSPS) is 12.2. The van der Waals surface area contributed by atoms with Crippen LogP contribution in [0.4, 0.5) is 0 Å². The smallest absolute Gasteiger partial charge is 0.0355 e. The van der Waals surface area contributed by atoms with Crippen LogP contribution in [0.2, 0.25) is 0 Å². The van der Waals surface area contributed by atoms with Crippen LogP contribution in [0.1, 0.15) is 42.5 Å². The van der Waals surface area contributed by atoms with E-state index in [9.17, 15) is 0 Å². The van der Waals surface area contributed by atoms with Gasteiger partial charge in [0.25, 0.3) is 0 Å². The third kappa shape index (κ3) is 5.04. The summed E-state index contributed by atoms with van der Waals surface area (Å²) in [4.78, 5) is 2.61. The quantitative estimate of drug-likeness (QED) is 0.473. The first-order chi connectivity index (χ1) is 12.4. The summed E-state index contributed by atoms with van der Waals surface area (Å²) in [5.74, 6) is 0. The van der Waals surface area contributed by atoms with Gasteiger partial charge in [-0.2, -0.15) is 0 Å². The second kappa shape index (κ2) is 9.19. The van der Waals surface area contributed by atoms with Crippen molar-refractivity contribution in [1.82, 2.24) is 4.90 Å². The lowest BCUT2D eigenvalue weighted by Gasteiger charge is -2.32. The van der Waals surface area contributed by atoms with Crippen molar-refractivity contribution in [3.63, 3.8) is 0 Å². The highest BCUT2D eigenvalue weighted by atomic mass is 15.2. The fraction of sp³-hybridized carbons (Fsp3) is 0.250. The molecule has 0 fully saturated rings. The molecule has 0 radical (unpaired) electrons. The molecule has 1 nitrogen and oxygen atoms in total. The van der Waals surface area contributed by atoms with Gasteiger partial charge in [-0.05, 0) is 23.1 Å². The van der Waals surface area contributed by atoms with Gasteiger partial charge in [0.15, 0.2) is 0 Å². The lowest BCUT2D eigenvalue weighted by molar-refractivity contribution is 0.168. The highest BCUT2D eigenvalue weighted by molar-refractivity contribution is 5.22. The Morgan fingerprint density at radius 3 is 1.52 bits per heavy atom. The summed E-state index contributed by atoms with van der Waals surface area (Å²) in [6, 6.07) is 33.0. The highest BCUT2D eigenvalue weighted by Crippen LogP contribution is 2.29. The first-order valence-corrected chi connectivity index (χ1v) is 9.23. The third-order valence-corrected chi connectivity index (χ3v) is 4.64. The van der Waals surface area contributed by atoms with Gasteiger partial charge in [0.1, 0.15) is 0 Å². The van der Waals surface area contributed by atoms with Crippen LogP contribution in [0.25, 0.3) is 0 Å². The second-order valence-corrected chi connectivity index (χ2v) is 6.59. The summed E-state index contributed by atoms with van der Waals surface area (Å²) in [5, 5.41) is 0. The Morgan fingerprint density at radius 1 is 0.640 bits per heavy atom. The van der Waals surface area contributed by atoms with E-state index in [0.717, 1.165) is 13.1 Å². The second-order valence-electron chi connectivity index (χ2n) is 6.59. The Kier molecular flexibility index (Phi) is 6.42. The van der Waals surface area contributed by atoms with Crippen molar-refractivity contribution in [1.29, 1.82) is 0 Å². The minimum absolute atomic E-state index is 0.437. The molecule has 0 unspecified atom stereocenters. The van der Waals surface area contributed by atoms with E-state index in [4.69, 9.17) is 0 Å². The maximum Gasteiger partial charge on any atom is 0.0355 e. The molecule has 0 aliphatic carbocycles. The summed E-state index contributed by atoms with van der Waals surface area (Å²) in [6.07, 6.45) is 2.35. The van der Waals surface area contributed by atoms with Crippen LogP contribution in [-0.4, -0.2) is 4.90 Å². The average molecular weight is 329 g/mol. The van der Waals surface area contributed by atoms with E-state index in [1.54, 1.807) is 0 Å². The molecule has 3 rings (SSSR count). The molecular formula is C24H27N. The predicted octanol–water partition coefficient (Wildman–Crippen LogP) is 6.23. The Morgan fingerprint density at radius 2 is 1.08 bits per heavy atom. The van der Waals surface area contributed by atoms with Crippen molar-refractivity contribution in [2.24, 2.45) is 0 Å². The fourth-order valence-electron chi connectivity index (χ4n) is 3.42. The number of benzene rings is 3. The Labute approximate surface area is 151 Å². The van der Waals surface area contributed by atoms with Gasteiger partial charge in [-0.3, -0.25) is 4.90 Å². The minimum Gasteiger partial charge on any atom is -0.288 e. The van der Waals surface area contributed by atoms with Crippen molar-refractivity contribution in [3.05, 3.63) is 108 Å². The van der Waals surface area contributed by atoms with Crippen molar-refractivity contribution in [3.8, 4) is 0 Å². The van der Waals surface area contributed by atoms with Gasteiger partial charge in [-0.15, -0.1) is 0 Å². The molecule has 0 aliphatic rings. The molecule has 0 heterocycles. The van der Waals surface area contributed by atoms with E-state index in [1.165, 1.54) is 29.5 Å². The van der Waals surface area contributed by atoms with Gasteiger partial charge in [-0.25, -0.2) is 0 Å². The summed E-state index contributed by atoms with van der Waals surface area (Å²) < 4.78 is 0. The molecular weight excluding hydrogens is 302 g/mol. The van der Waals surface area contributed by atoms with Gasteiger partial charge >= 0.3 is 0 Å². The van der Waals surface area contributed by atoms with E-state index >= 15 is 0 Å². The van der Waals surface area contributed by atoms with Gasteiger partial charge in [0.05, 0.1) is 0 Å². The van der Waals surface area contributed by atoms with E-state index in [0.29, 0.717) is 6.04 Å². The highest BCUT2D eigenvalue weighted by Gasteiger charge is 2.20. The molecule has 0 amide bonds. The number of hydrogen-bond donors (Lipinski definition) is 0. The molecule has 0 aromatic heterocycles. The maximum atomic E-state index is 2.61. The summed E-state index contributed by atoms with van der Waals surface area (Å²) in [7, 11) is 0. The first kappa shape index (κ1) is 17.4. The van der Waals surface area contributed by atoms with Gasteiger partial charge in [0.2, 0.25) is 0 Å². The van der Waals surface area contributed by atoms with Gasteiger partial charge < -0.3 is 0 Å². The SMILES string of the molecule is CCC[C@@H](c1ccccc1)N(Cc1ccccc1)Cc1ccccc1. The molecule has 0 saturated heterocycles. The zero-order valence-electron chi connectivity index (χ0n) is 15.0. The minimum atomic E-state index is 0.437. The largest absolute Gasteiger partial charge is 0.288 e. The standard InChI is InChI=1S/C24H27N/c1-2-12-24(23-17-10-5-11-18-23)25(19-21-13-6-3-7-14-21)20-22-15-8-4-9-16-22/h3-11,13-18,24H,2,12,19-20H2,1H3/t24-/m0/s1. The number of hydrogen-bond acceptors (Lipinski definition) is 1. The first-order valence-electron chi connectivity index (χ1n) is 9.23. The van der Waals surface area contributed by atoms with E-state index in [-0.39, 0.29) is 0 Å². The molecule has 3 aromatic carbocycles. The molecule has 0 saturated carbocycles. The van der Waals surface area contributed by atoms with Crippen LogP contribution >= 0.6 is 0 Å². The topological polar surface area (TPSA) is 3.24 Å². The summed E-state index contributed by atoms with van der Waals surface area (Å²) in [6.45, 7) is 4.21. The maximum absolute atomic E-state index is 2.61. The van der Waals surface area contributed by atoms with Crippen molar-refractivity contribution in [2.45, 2.75) is 38.9 Å². The van der Waals surface area contributed by atoms with Crippen LogP contribution in [0.5, 0.6) is 0 Å². The molecule has 0 N–H and O–H groups in total. The Hall–Kier alpha value is -2.38. The summed E-state index contributed by atoms with van der Waals surface area (Å²) >= 11 is 0. The van der Waals surface area contributed by atoms with Crippen LogP contribution in [0, 0.1) is 0 Å². The molecule has 1 heteroatoms. The zero-order valence-corrected chi connectivity index (χ0v) is 15.0. The lowest BCUT2D eigenvalue weighted by atomic mass is 9.99. The van der Waals surface area contributed by atoms with Crippen LogP contribution < -0.4 is 0 Å². The van der Waals surface area contributed by atoms with Crippen molar-refractivity contribution < 1.29 is 0 Å². The molecule has 25 heavy (non-hydrogen) atoms. The van der Waals surface area contributed by atoms with Crippen molar-refractivity contribution in [2.75, 3.05) is 0 Å². The third-order valence-electron chi connectivity index (χ3n) is 4.64. The van der Waals surface area contributed by atoms with Gasteiger partial charge in [-0.1, -0.05) is 104 Å². The van der Waals surface area contributed by atoms with Crippen LogP contribution in [0.15, 0.2) is 91.0 Å². The molecule has 128 valence electrons. The van der Waals surface area contributed by atoms with E-state index < -0.39 is 0 Å². The summed E-state index contributed by atoms with van der Waals surface area (Å²) in [5.41, 5.74) is 4.15. The average Bonchev–Trinajstić information content (AvgIpc) is 2.68. The molecule has 0 aliphatic heterocycles. The molecule has 3 aromatic rings. The monoisotopic (exact) mass is 329 g/mol.